The largest absolute Gasteiger partial charge is 0.487 e. The van der Waals surface area contributed by atoms with Crippen molar-refractivity contribution in [2.45, 2.75) is 38.8 Å². The van der Waals surface area contributed by atoms with Crippen molar-refractivity contribution in [1.82, 2.24) is 14.5 Å². The minimum Gasteiger partial charge on any atom is -0.487 e. The highest BCUT2D eigenvalue weighted by Crippen LogP contribution is 2.29. The zero-order valence-corrected chi connectivity index (χ0v) is 17.3. The van der Waals surface area contributed by atoms with Gasteiger partial charge in [-0.1, -0.05) is 18.2 Å². The van der Waals surface area contributed by atoms with Gasteiger partial charge in [-0.2, -0.15) is 0 Å². The van der Waals surface area contributed by atoms with Gasteiger partial charge >= 0.3 is 6.03 Å². The van der Waals surface area contributed by atoms with Gasteiger partial charge in [0.15, 0.2) is 11.6 Å². The molecule has 0 radical (unpaired) electrons. The summed E-state index contributed by atoms with van der Waals surface area (Å²) in [6.45, 7) is 5.50. The van der Waals surface area contributed by atoms with E-state index in [0.717, 1.165) is 48.4 Å². The predicted octanol–water partition coefficient (Wildman–Crippen LogP) is 4.39. The summed E-state index contributed by atoms with van der Waals surface area (Å²) < 4.78 is 7.69. The van der Waals surface area contributed by atoms with Crippen molar-refractivity contribution in [1.29, 1.82) is 0 Å². The molecule has 0 bridgehead atoms. The lowest BCUT2D eigenvalue weighted by molar-refractivity contribution is 0.183. The molecular formula is C23H28N4O2. The minimum atomic E-state index is 0.0500. The average molecular weight is 393 g/mol. The predicted molar refractivity (Wildman–Crippen MR) is 116 cm³/mol. The average Bonchev–Trinajstić information content (AvgIpc) is 3.17. The van der Waals surface area contributed by atoms with Crippen LogP contribution in [0.1, 0.15) is 26.7 Å². The lowest BCUT2D eigenvalue weighted by Gasteiger charge is -2.37. The monoisotopic (exact) mass is 392 g/mol. The zero-order valence-electron chi connectivity index (χ0n) is 17.3. The van der Waals surface area contributed by atoms with Gasteiger partial charge in [-0.25, -0.2) is 9.78 Å². The van der Waals surface area contributed by atoms with E-state index < -0.39 is 0 Å². The fourth-order valence-electron chi connectivity index (χ4n) is 4.01. The van der Waals surface area contributed by atoms with Crippen LogP contribution < -0.4 is 9.64 Å². The third-order valence-corrected chi connectivity index (χ3v) is 5.54. The molecule has 1 aliphatic heterocycles. The number of hydrogen-bond donors (Lipinski definition) is 0. The summed E-state index contributed by atoms with van der Waals surface area (Å²) in [5, 5.41) is 1.09. The van der Waals surface area contributed by atoms with E-state index >= 15 is 0 Å². The molecule has 3 aromatic rings. The smallest absolute Gasteiger partial charge is 0.328 e. The van der Waals surface area contributed by atoms with Gasteiger partial charge in [0.1, 0.15) is 0 Å². The highest BCUT2D eigenvalue weighted by Gasteiger charge is 2.28. The Morgan fingerprint density at radius 2 is 1.90 bits per heavy atom. The molecule has 0 aliphatic carbocycles. The Morgan fingerprint density at radius 3 is 2.66 bits per heavy atom. The second kappa shape index (κ2) is 8.15. The highest BCUT2D eigenvalue weighted by molar-refractivity contribution is 5.91. The number of aromatic nitrogens is 2. The van der Waals surface area contributed by atoms with Crippen LogP contribution in [0, 0.1) is 0 Å². The second-order valence-electron chi connectivity index (χ2n) is 7.85. The third kappa shape index (κ3) is 3.92. The Kier molecular flexibility index (Phi) is 5.43. The SMILES string of the molecule is CC(C)Oc1cccnc1N(C)C1CCN(C(=O)n2ccc3ccccc32)CC1. The van der Waals surface area contributed by atoms with E-state index in [9.17, 15) is 4.79 Å². The van der Waals surface area contributed by atoms with Gasteiger partial charge in [-0.3, -0.25) is 4.57 Å². The standard InChI is InChI=1S/C23H28N4O2/c1-17(2)29-21-9-6-13-24-22(21)25(3)19-11-14-26(15-12-19)23(28)27-16-10-18-7-4-5-8-20(18)27/h4-10,13,16-17,19H,11-12,14-15H2,1-3H3. The number of amides is 1. The molecule has 3 heterocycles. The maximum absolute atomic E-state index is 13.0. The summed E-state index contributed by atoms with van der Waals surface area (Å²) in [7, 11) is 2.07. The number of benzene rings is 1. The molecule has 1 saturated heterocycles. The first-order valence-corrected chi connectivity index (χ1v) is 10.2. The Labute approximate surface area is 171 Å². The van der Waals surface area contributed by atoms with Gasteiger partial charge in [-0.15, -0.1) is 0 Å². The number of nitrogens with zero attached hydrogens (tertiary/aromatic N) is 4. The molecule has 6 heteroatoms. The van der Waals surface area contributed by atoms with Crippen molar-refractivity contribution in [3.8, 4) is 5.75 Å². The number of rotatable bonds is 4. The maximum Gasteiger partial charge on any atom is 0.328 e. The minimum absolute atomic E-state index is 0.0500. The van der Waals surface area contributed by atoms with Crippen LogP contribution in [0.15, 0.2) is 54.9 Å². The molecule has 1 aromatic carbocycles. The fraction of sp³-hybridized carbons (Fsp3) is 0.391. The molecule has 2 aromatic heterocycles. The molecular weight excluding hydrogens is 364 g/mol. The Hall–Kier alpha value is -3.02. The van der Waals surface area contributed by atoms with Gasteiger partial charge < -0.3 is 14.5 Å². The van der Waals surface area contributed by atoms with Gasteiger partial charge in [-0.05, 0) is 51.0 Å². The number of likely N-dealkylation sites (tertiary alicyclic amines) is 1. The van der Waals surface area contributed by atoms with Crippen molar-refractivity contribution in [2.24, 2.45) is 0 Å². The molecule has 0 N–H and O–H groups in total. The van der Waals surface area contributed by atoms with Crippen molar-refractivity contribution < 1.29 is 9.53 Å². The first kappa shape index (κ1) is 19.3. The maximum atomic E-state index is 13.0. The quantitative estimate of drug-likeness (QED) is 0.661. The topological polar surface area (TPSA) is 50.6 Å². The van der Waals surface area contributed by atoms with Crippen LogP contribution in [0.5, 0.6) is 5.75 Å². The van der Waals surface area contributed by atoms with Gasteiger partial charge in [0.25, 0.3) is 0 Å². The van der Waals surface area contributed by atoms with E-state index in [0.29, 0.717) is 6.04 Å². The van der Waals surface area contributed by atoms with Gasteiger partial charge in [0.05, 0.1) is 11.6 Å². The van der Waals surface area contributed by atoms with E-state index in [1.54, 1.807) is 10.8 Å². The van der Waals surface area contributed by atoms with Crippen LogP contribution in [0.2, 0.25) is 0 Å². The van der Waals surface area contributed by atoms with E-state index in [2.05, 4.69) is 16.9 Å². The number of ether oxygens (including phenoxy) is 1. The number of carbonyl (C=O) groups excluding carboxylic acids is 1. The molecule has 1 fully saturated rings. The number of carbonyl (C=O) groups is 1. The number of para-hydroxylation sites is 1. The summed E-state index contributed by atoms with van der Waals surface area (Å²) in [5.74, 6) is 1.67. The van der Waals surface area contributed by atoms with E-state index in [1.807, 2.05) is 67.4 Å². The number of fused-ring (bicyclic) bond motifs is 1. The van der Waals surface area contributed by atoms with Crippen LogP contribution in [0.25, 0.3) is 10.9 Å². The first-order valence-electron chi connectivity index (χ1n) is 10.2. The summed E-state index contributed by atoms with van der Waals surface area (Å²) in [4.78, 5) is 21.7. The van der Waals surface area contributed by atoms with Crippen LogP contribution >= 0.6 is 0 Å². The Morgan fingerprint density at radius 1 is 1.14 bits per heavy atom. The summed E-state index contributed by atoms with van der Waals surface area (Å²) in [5.41, 5.74) is 0.959. The molecule has 0 unspecified atom stereocenters. The van der Waals surface area contributed by atoms with Crippen molar-refractivity contribution >= 4 is 22.8 Å². The van der Waals surface area contributed by atoms with Crippen LogP contribution in [-0.4, -0.2) is 52.8 Å². The van der Waals surface area contributed by atoms with Gasteiger partial charge in [0, 0.05) is 44.0 Å². The van der Waals surface area contributed by atoms with Crippen LogP contribution in [0.3, 0.4) is 0 Å². The lowest BCUT2D eigenvalue weighted by atomic mass is 10.0. The van der Waals surface area contributed by atoms with E-state index in [1.165, 1.54) is 0 Å². The third-order valence-electron chi connectivity index (χ3n) is 5.54. The molecule has 0 spiro atoms. The number of pyridine rings is 1. The molecule has 4 rings (SSSR count). The second-order valence-corrected chi connectivity index (χ2v) is 7.85. The zero-order chi connectivity index (χ0) is 20.4. The summed E-state index contributed by atoms with van der Waals surface area (Å²) >= 11 is 0. The molecule has 1 amide bonds. The number of piperidine rings is 1. The number of hydrogen-bond acceptors (Lipinski definition) is 4. The normalized spacial score (nSPS) is 15.1. The molecule has 29 heavy (non-hydrogen) atoms. The molecule has 1 aliphatic rings. The highest BCUT2D eigenvalue weighted by atomic mass is 16.5. The Balaban J connectivity index is 1.44. The Bertz CT molecular complexity index is 989. The van der Waals surface area contributed by atoms with Crippen LogP contribution in [-0.2, 0) is 0 Å². The first-order chi connectivity index (χ1) is 14.0. The van der Waals surface area contributed by atoms with Crippen LogP contribution in [0.4, 0.5) is 10.6 Å². The summed E-state index contributed by atoms with van der Waals surface area (Å²) in [6, 6.07) is 14.2. The fourth-order valence-corrected chi connectivity index (χ4v) is 4.01. The molecule has 0 saturated carbocycles. The van der Waals surface area contributed by atoms with Gasteiger partial charge in [0.2, 0.25) is 0 Å². The molecule has 152 valence electrons. The van der Waals surface area contributed by atoms with Crippen molar-refractivity contribution in [2.75, 3.05) is 25.0 Å². The van der Waals surface area contributed by atoms with Crippen molar-refractivity contribution in [3.63, 3.8) is 0 Å². The molecule has 0 atom stereocenters. The van der Waals surface area contributed by atoms with E-state index in [-0.39, 0.29) is 12.1 Å². The molecule has 6 nitrogen and oxygen atoms in total. The summed E-state index contributed by atoms with van der Waals surface area (Å²) in [6.07, 6.45) is 5.57. The lowest BCUT2D eigenvalue weighted by Crippen LogP contribution is -2.47. The number of anilines is 1. The van der Waals surface area contributed by atoms with E-state index in [4.69, 9.17) is 4.74 Å². The van der Waals surface area contributed by atoms with Crippen molar-refractivity contribution in [3.05, 3.63) is 54.9 Å².